The van der Waals surface area contributed by atoms with Crippen LogP contribution in [0.2, 0.25) is 0 Å². The molecule has 1 aliphatic rings. The van der Waals surface area contributed by atoms with Crippen LogP contribution in [0.5, 0.6) is 0 Å². The van der Waals surface area contributed by atoms with Gasteiger partial charge in [0.2, 0.25) is 5.91 Å². The van der Waals surface area contributed by atoms with E-state index in [1.165, 1.54) is 25.7 Å². The summed E-state index contributed by atoms with van der Waals surface area (Å²) in [5, 5.41) is 3.30. The fraction of sp³-hybridized carbons (Fsp3) is 0.900. The van der Waals surface area contributed by atoms with Gasteiger partial charge in [-0.1, -0.05) is 13.3 Å². The average molecular weight is 184 g/mol. The summed E-state index contributed by atoms with van der Waals surface area (Å²) in [6.45, 7) is 4.03. The second-order valence-corrected chi connectivity index (χ2v) is 4.14. The molecule has 3 N–H and O–H groups in total. The topological polar surface area (TPSA) is 55.1 Å². The minimum Gasteiger partial charge on any atom is -0.370 e. The van der Waals surface area contributed by atoms with Crippen molar-refractivity contribution in [1.82, 2.24) is 5.32 Å². The van der Waals surface area contributed by atoms with Gasteiger partial charge in [0, 0.05) is 19.5 Å². The fourth-order valence-corrected chi connectivity index (χ4v) is 1.79. The maximum absolute atomic E-state index is 10.4. The zero-order chi connectivity index (χ0) is 9.73. The maximum Gasteiger partial charge on any atom is 0.218 e. The molecule has 3 heteroatoms. The lowest BCUT2D eigenvalue weighted by molar-refractivity contribution is -0.117. The van der Waals surface area contributed by atoms with Crippen LogP contribution < -0.4 is 11.1 Å². The molecule has 0 atom stereocenters. The number of hydrogen-bond donors (Lipinski definition) is 2. The van der Waals surface area contributed by atoms with Gasteiger partial charge in [-0.2, -0.15) is 0 Å². The molecule has 0 heterocycles. The summed E-state index contributed by atoms with van der Waals surface area (Å²) in [6.07, 6.45) is 5.74. The Morgan fingerprint density at radius 2 is 2.23 bits per heavy atom. The second kappa shape index (κ2) is 4.61. The Bertz CT molecular complexity index is 176. The summed E-state index contributed by atoms with van der Waals surface area (Å²) in [4.78, 5) is 10.4. The molecule has 0 bridgehead atoms. The normalized spacial score (nSPS) is 18.5. The number of rotatable bonds is 7. The first-order chi connectivity index (χ1) is 6.18. The van der Waals surface area contributed by atoms with E-state index in [1.54, 1.807) is 0 Å². The molecule has 1 aliphatic carbocycles. The maximum atomic E-state index is 10.4. The highest BCUT2D eigenvalue weighted by Crippen LogP contribution is 2.48. The van der Waals surface area contributed by atoms with Crippen molar-refractivity contribution < 1.29 is 4.79 Å². The summed E-state index contributed by atoms with van der Waals surface area (Å²) >= 11 is 0. The van der Waals surface area contributed by atoms with E-state index in [0.29, 0.717) is 11.8 Å². The van der Waals surface area contributed by atoms with E-state index in [2.05, 4.69) is 12.2 Å². The van der Waals surface area contributed by atoms with Gasteiger partial charge < -0.3 is 11.1 Å². The lowest BCUT2D eigenvalue weighted by Gasteiger charge is -2.14. The summed E-state index contributed by atoms with van der Waals surface area (Å²) < 4.78 is 0. The van der Waals surface area contributed by atoms with Crippen molar-refractivity contribution in [3.8, 4) is 0 Å². The SMILES string of the molecule is CCCC1(CNCCC(N)=O)CC1. The van der Waals surface area contributed by atoms with E-state index >= 15 is 0 Å². The van der Waals surface area contributed by atoms with Gasteiger partial charge in [-0.15, -0.1) is 0 Å². The lowest BCUT2D eigenvalue weighted by atomic mass is 10.0. The van der Waals surface area contributed by atoms with Crippen LogP contribution in [0.3, 0.4) is 0 Å². The third-order valence-electron chi connectivity index (χ3n) is 2.79. The van der Waals surface area contributed by atoms with E-state index in [1.807, 2.05) is 0 Å². The van der Waals surface area contributed by atoms with E-state index < -0.39 is 0 Å². The molecule has 1 saturated carbocycles. The van der Waals surface area contributed by atoms with Gasteiger partial charge in [-0.3, -0.25) is 4.79 Å². The number of hydrogen-bond acceptors (Lipinski definition) is 2. The van der Waals surface area contributed by atoms with Gasteiger partial charge in [0.05, 0.1) is 0 Å². The zero-order valence-corrected chi connectivity index (χ0v) is 8.44. The number of carbonyl (C=O) groups is 1. The Morgan fingerprint density at radius 3 is 2.69 bits per heavy atom. The molecule has 76 valence electrons. The monoisotopic (exact) mass is 184 g/mol. The van der Waals surface area contributed by atoms with Gasteiger partial charge in [0.25, 0.3) is 0 Å². The smallest absolute Gasteiger partial charge is 0.218 e. The first kappa shape index (κ1) is 10.5. The summed E-state index contributed by atoms with van der Waals surface area (Å²) in [5.74, 6) is -0.215. The highest BCUT2D eigenvalue weighted by Gasteiger charge is 2.40. The summed E-state index contributed by atoms with van der Waals surface area (Å²) in [7, 11) is 0. The molecule has 0 radical (unpaired) electrons. The Morgan fingerprint density at radius 1 is 1.54 bits per heavy atom. The van der Waals surface area contributed by atoms with Crippen molar-refractivity contribution in [2.75, 3.05) is 13.1 Å². The van der Waals surface area contributed by atoms with Crippen molar-refractivity contribution in [3.05, 3.63) is 0 Å². The number of nitrogens with one attached hydrogen (secondary N) is 1. The van der Waals surface area contributed by atoms with Crippen LogP contribution in [-0.4, -0.2) is 19.0 Å². The standard InChI is InChI=1S/C10H20N2O/c1-2-4-10(5-6-10)8-12-7-3-9(11)13/h12H,2-8H2,1H3,(H2,11,13). The number of primary amides is 1. The number of nitrogens with two attached hydrogens (primary N) is 1. The van der Waals surface area contributed by atoms with Crippen LogP contribution in [0.1, 0.15) is 39.0 Å². The molecule has 1 rings (SSSR count). The Labute approximate surface area is 80.1 Å². The molecular formula is C10H20N2O. The molecule has 1 amide bonds. The first-order valence-corrected chi connectivity index (χ1v) is 5.17. The predicted molar refractivity (Wildman–Crippen MR) is 53.3 cm³/mol. The summed E-state index contributed by atoms with van der Waals surface area (Å²) in [6, 6.07) is 0. The van der Waals surface area contributed by atoms with Crippen LogP contribution in [0.4, 0.5) is 0 Å². The molecule has 0 unspecified atom stereocenters. The van der Waals surface area contributed by atoms with Crippen molar-refractivity contribution in [1.29, 1.82) is 0 Å². The molecule has 3 nitrogen and oxygen atoms in total. The van der Waals surface area contributed by atoms with E-state index in [9.17, 15) is 4.79 Å². The van der Waals surface area contributed by atoms with Crippen molar-refractivity contribution in [3.63, 3.8) is 0 Å². The van der Waals surface area contributed by atoms with Crippen molar-refractivity contribution >= 4 is 5.91 Å². The van der Waals surface area contributed by atoms with Crippen LogP contribution in [0.15, 0.2) is 0 Å². The van der Waals surface area contributed by atoms with Gasteiger partial charge in [0.15, 0.2) is 0 Å². The highest BCUT2D eigenvalue weighted by atomic mass is 16.1. The minimum absolute atomic E-state index is 0.215. The molecule has 0 aliphatic heterocycles. The third kappa shape index (κ3) is 3.77. The molecule has 0 saturated heterocycles. The van der Waals surface area contributed by atoms with Gasteiger partial charge in [-0.25, -0.2) is 0 Å². The lowest BCUT2D eigenvalue weighted by Crippen LogP contribution is -2.27. The largest absolute Gasteiger partial charge is 0.370 e. The van der Waals surface area contributed by atoms with Crippen LogP contribution in [0, 0.1) is 5.41 Å². The second-order valence-electron chi connectivity index (χ2n) is 4.14. The van der Waals surface area contributed by atoms with Gasteiger partial charge in [0.1, 0.15) is 0 Å². The quantitative estimate of drug-likeness (QED) is 0.581. The van der Waals surface area contributed by atoms with E-state index in [4.69, 9.17) is 5.73 Å². The van der Waals surface area contributed by atoms with Crippen LogP contribution in [0.25, 0.3) is 0 Å². The predicted octanol–water partition coefficient (Wildman–Crippen LogP) is 1.03. The molecule has 1 fully saturated rings. The Balaban J connectivity index is 2.02. The summed E-state index contributed by atoms with van der Waals surface area (Å²) in [5.41, 5.74) is 5.61. The Kier molecular flexibility index (Phi) is 3.72. The molecule has 0 aromatic heterocycles. The van der Waals surface area contributed by atoms with Crippen LogP contribution >= 0.6 is 0 Å². The molecule has 0 aromatic carbocycles. The van der Waals surface area contributed by atoms with Crippen molar-refractivity contribution in [2.45, 2.75) is 39.0 Å². The van der Waals surface area contributed by atoms with Gasteiger partial charge in [-0.05, 0) is 24.7 Å². The minimum atomic E-state index is -0.215. The van der Waals surface area contributed by atoms with E-state index in [-0.39, 0.29) is 5.91 Å². The molecule has 13 heavy (non-hydrogen) atoms. The zero-order valence-electron chi connectivity index (χ0n) is 8.44. The van der Waals surface area contributed by atoms with E-state index in [0.717, 1.165) is 13.1 Å². The fourth-order valence-electron chi connectivity index (χ4n) is 1.79. The Hall–Kier alpha value is -0.570. The number of amides is 1. The molecule has 0 aromatic rings. The molecule has 0 spiro atoms. The van der Waals surface area contributed by atoms with Crippen molar-refractivity contribution in [2.24, 2.45) is 11.1 Å². The third-order valence-corrected chi connectivity index (χ3v) is 2.79. The molecular weight excluding hydrogens is 164 g/mol. The number of carbonyl (C=O) groups excluding carboxylic acids is 1. The first-order valence-electron chi connectivity index (χ1n) is 5.17. The van der Waals surface area contributed by atoms with Gasteiger partial charge >= 0.3 is 0 Å². The average Bonchev–Trinajstić information content (AvgIpc) is 2.80. The van der Waals surface area contributed by atoms with Crippen LogP contribution in [-0.2, 0) is 4.79 Å². The highest BCUT2D eigenvalue weighted by molar-refractivity contribution is 5.73.